The zero-order valence-electron chi connectivity index (χ0n) is 8.32. The lowest BCUT2D eigenvalue weighted by Crippen LogP contribution is -2.34. The summed E-state index contributed by atoms with van der Waals surface area (Å²) in [6, 6.07) is 7.83. The van der Waals surface area contributed by atoms with Crippen LogP contribution in [0.1, 0.15) is 18.9 Å². The predicted molar refractivity (Wildman–Crippen MR) is 54.7 cm³/mol. The summed E-state index contributed by atoms with van der Waals surface area (Å²) in [6.45, 7) is 3.14. The first-order chi connectivity index (χ1) is 6.72. The van der Waals surface area contributed by atoms with Gasteiger partial charge < -0.3 is 15.2 Å². The van der Waals surface area contributed by atoms with Crippen LogP contribution in [0.3, 0.4) is 0 Å². The van der Waals surface area contributed by atoms with Gasteiger partial charge in [0.05, 0.1) is 12.2 Å². The number of ether oxygens (including phenoxy) is 2. The Morgan fingerprint density at radius 3 is 2.79 bits per heavy atom. The van der Waals surface area contributed by atoms with E-state index in [1.54, 1.807) is 0 Å². The van der Waals surface area contributed by atoms with Gasteiger partial charge in [0.25, 0.3) is 0 Å². The van der Waals surface area contributed by atoms with Gasteiger partial charge in [-0.05, 0) is 13.0 Å². The standard InChI is InChI=1S/C11H15NO2/c1-11(6-7-13-8-14-11)9-4-2-3-5-10(9)12/h2-5H,6-8,12H2,1H3. The molecule has 3 nitrogen and oxygen atoms in total. The minimum Gasteiger partial charge on any atom is -0.398 e. The first-order valence-corrected chi connectivity index (χ1v) is 4.79. The van der Waals surface area contributed by atoms with Crippen molar-refractivity contribution in [2.24, 2.45) is 0 Å². The van der Waals surface area contributed by atoms with E-state index in [0.29, 0.717) is 6.79 Å². The monoisotopic (exact) mass is 193 g/mol. The SMILES string of the molecule is CC1(c2ccccc2N)CCOCO1. The maximum atomic E-state index is 5.92. The van der Waals surface area contributed by atoms with Crippen LogP contribution in [0.15, 0.2) is 24.3 Å². The summed E-state index contributed by atoms with van der Waals surface area (Å²) in [7, 11) is 0. The van der Waals surface area contributed by atoms with Gasteiger partial charge in [0, 0.05) is 17.7 Å². The second-order valence-electron chi connectivity index (χ2n) is 3.74. The Morgan fingerprint density at radius 2 is 2.14 bits per heavy atom. The fourth-order valence-electron chi connectivity index (χ4n) is 1.76. The van der Waals surface area contributed by atoms with Crippen LogP contribution in [-0.2, 0) is 15.1 Å². The normalized spacial score (nSPS) is 27.5. The maximum Gasteiger partial charge on any atom is 0.147 e. The summed E-state index contributed by atoms with van der Waals surface area (Å²) < 4.78 is 10.8. The quantitative estimate of drug-likeness (QED) is 0.692. The highest BCUT2D eigenvalue weighted by Gasteiger charge is 2.31. The molecule has 0 spiro atoms. The summed E-state index contributed by atoms with van der Waals surface area (Å²) in [5.41, 5.74) is 7.48. The smallest absolute Gasteiger partial charge is 0.147 e. The second-order valence-corrected chi connectivity index (χ2v) is 3.74. The van der Waals surface area contributed by atoms with Gasteiger partial charge in [0.1, 0.15) is 6.79 Å². The largest absolute Gasteiger partial charge is 0.398 e. The first-order valence-electron chi connectivity index (χ1n) is 4.79. The molecule has 1 aromatic carbocycles. The summed E-state index contributed by atoms with van der Waals surface area (Å²) in [5, 5.41) is 0. The van der Waals surface area contributed by atoms with E-state index in [1.165, 1.54) is 0 Å². The van der Waals surface area contributed by atoms with Crippen LogP contribution in [0, 0.1) is 0 Å². The van der Waals surface area contributed by atoms with Crippen molar-refractivity contribution >= 4 is 5.69 Å². The second kappa shape index (κ2) is 3.59. The molecule has 1 fully saturated rings. The number of hydrogen-bond donors (Lipinski definition) is 1. The molecule has 1 unspecified atom stereocenters. The van der Waals surface area contributed by atoms with Gasteiger partial charge >= 0.3 is 0 Å². The van der Waals surface area contributed by atoms with Crippen LogP contribution in [0.2, 0.25) is 0 Å². The van der Waals surface area contributed by atoms with Crippen molar-refractivity contribution in [2.45, 2.75) is 18.9 Å². The number of nitrogen functional groups attached to an aromatic ring is 1. The van der Waals surface area contributed by atoms with Crippen LogP contribution in [-0.4, -0.2) is 13.4 Å². The molecular formula is C11H15NO2. The van der Waals surface area contributed by atoms with E-state index in [9.17, 15) is 0 Å². The zero-order valence-corrected chi connectivity index (χ0v) is 8.32. The molecule has 3 heteroatoms. The van der Waals surface area contributed by atoms with Crippen LogP contribution in [0.25, 0.3) is 0 Å². The summed E-state index contributed by atoms with van der Waals surface area (Å²) in [6.07, 6.45) is 0.848. The van der Waals surface area contributed by atoms with E-state index in [2.05, 4.69) is 6.92 Å². The highest BCUT2D eigenvalue weighted by molar-refractivity contribution is 5.49. The number of anilines is 1. The third-order valence-corrected chi connectivity index (χ3v) is 2.71. The van der Waals surface area contributed by atoms with Crippen molar-refractivity contribution in [2.75, 3.05) is 19.1 Å². The molecule has 1 aliphatic heterocycles. The molecule has 1 aliphatic rings. The molecule has 1 heterocycles. The fraction of sp³-hybridized carbons (Fsp3) is 0.455. The molecule has 0 aliphatic carbocycles. The van der Waals surface area contributed by atoms with E-state index in [4.69, 9.17) is 15.2 Å². The molecule has 0 radical (unpaired) electrons. The third kappa shape index (κ3) is 1.61. The summed E-state index contributed by atoms with van der Waals surface area (Å²) in [4.78, 5) is 0. The van der Waals surface area contributed by atoms with Crippen LogP contribution in [0.4, 0.5) is 5.69 Å². The summed E-state index contributed by atoms with van der Waals surface area (Å²) >= 11 is 0. The Labute approximate surface area is 83.8 Å². The Balaban J connectivity index is 2.32. The van der Waals surface area contributed by atoms with Gasteiger partial charge in [-0.3, -0.25) is 0 Å². The van der Waals surface area contributed by atoms with Gasteiger partial charge in [-0.2, -0.15) is 0 Å². The van der Waals surface area contributed by atoms with Gasteiger partial charge in [0.2, 0.25) is 0 Å². The lowest BCUT2D eigenvalue weighted by atomic mass is 9.91. The van der Waals surface area contributed by atoms with Crippen molar-refractivity contribution in [1.82, 2.24) is 0 Å². The minimum atomic E-state index is -0.288. The number of nitrogens with two attached hydrogens (primary N) is 1. The molecule has 1 saturated heterocycles. The average Bonchev–Trinajstić information content (AvgIpc) is 2.19. The minimum absolute atomic E-state index is 0.288. The van der Waals surface area contributed by atoms with E-state index >= 15 is 0 Å². The Morgan fingerprint density at radius 1 is 1.36 bits per heavy atom. The van der Waals surface area contributed by atoms with E-state index in [0.717, 1.165) is 24.3 Å². The molecule has 0 saturated carbocycles. The van der Waals surface area contributed by atoms with Gasteiger partial charge in [0.15, 0.2) is 0 Å². The molecule has 0 amide bonds. The molecule has 2 rings (SSSR count). The highest BCUT2D eigenvalue weighted by Crippen LogP contribution is 2.34. The lowest BCUT2D eigenvalue weighted by molar-refractivity contribution is -0.190. The van der Waals surface area contributed by atoms with E-state index in [1.807, 2.05) is 24.3 Å². The van der Waals surface area contributed by atoms with Crippen molar-refractivity contribution in [1.29, 1.82) is 0 Å². The molecule has 0 aromatic heterocycles. The van der Waals surface area contributed by atoms with Crippen molar-refractivity contribution in [3.63, 3.8) is 0 Å². The Bertz CT molecular complexity index is 319. The maximum absolute atomic E-state index is 5.92. The predicted octanol–water partition coefficient (Wildman–Crippen LogP) is 1.88. The van der Waals surface area contributed by atoms with Gasteiger partial charge in [-0.25, -0.2) is 0 Å². The Hall–Kier alpha value is -1.06. The molecule has 1 atom stereocenters. The topological polar surface area (TPSA) is 44.5 Å². The first kappa shape index (κ1) is 9.49. The number of hydrogen-bond acceptors (Lipinski definition) is 3. The average molecular weight is 193 g/mol. The van der Waals surface area contributed by atoms with Crippen LogP contribution >= 0.6 is 0 Å². The number of rotatable bonds is 1. The van der Waals surface area contributed by atoms with Crippen LogP contribution in [0.5, 0.6) is 0 Å². The molecule has 2 N–H and O–H groups in total. The van der Waals surface area contributed by atoms with E-state index in [-0.39, 0.29) is 5.60 Å². The number of para-hydroxylation sites is 1. The Kier molecular flexibility index (Phi) is 2.44. The van der Waals surface area contributed by atoms with Crippen molar-refractivity contribution in [3.05, 3.63) is 29.8 Å². The van der Waals surface area contributed by atoms with Crippen molar-refractivity contribution in [3.8, 4) is 0 Å². The number of benzene rings is 1. The highest BCUT2D eigenvalue weighted by atomic mass is 16.7. The third-order valence-electron chi connectivity index (χ3n) is 2.71. The molecule has 76 valence electrons. The van der Waals surface area contributed by atoms with Crippen molar-refractivity contribution < 1.29 is 9.47 Å². The zero-order chi connectivity index (χ0) is 10.0. The summed E-state index contributed by atoms with van der Waals surface area (Å²) in [5.74, 6) is 0. The molecule has 14 heavy (non-hydrogen) atoms. The fourth-order valence-corrected chi connectivity index (χ4v) is 1.76. The van der Waals surface area contributed by atoms with E-state index < -0.39 is 0 Å². The van der Waals surface area contributed by atoms with Gasteiger partial charge in [-0.1, -0.05) is 18.2 Å². The van der Waals surface area contributed by atoms with Crippen LogP contribution < -0.4 is 5.73 Å². The molecule has 0 bridgehead atoms. The molecule has 1 aromatic rings. The van der Waals surface area contributed by atoms with Gasteiger partial charge in [-0.15, -0.1) is 0 Å². The molecular weight excluding hydrogens is 178 g/mol. The lowest BCUT2D eigenvalue weighted by Gasteiger charge is -2.34.